The van der Waals surface area contributed by atoms with Crippen molar-refractivity contribution in [3.05, 3.63) is 12.4 Å². The molecule has 4 nitrogen and oxygen atoms in total. The van der Waals surface area contributed by atoms with Crippen LogP contribution in [-0.2, 0) is 0 Å². The highest BCUT2D eigenvalue weighted by atomic mass is 32.2. The van der Waals surface area contributed by atoms with Crippen molar-refractivity contribution in [1.82, 2.24) is 9.97 Å². The van der Waals surface area contributed by atoms with E-state index in [1.54, 1.807) is 12.4 Å². The molecule has 0 bridgehead atoms. The maximum Gasteiger partial charge on any atom is 0.147 e. The number of hydrogen-bond acceptors (Lipinski definition) is 5. The minimum atomic E-state index is 0.437. The Morgan fingerprint density at radius 3 is 2.93 bits per heavy atom. The Labute approximate surface area is 87.7 Å². The molecule has 1 aromatic heterocycles. The van der Waals surface area contributed by atoms with Gasteiger partial charge in [0.25, 0.3) is 0 Å². The van der Waals surface area contributed by atoms with Crippen LogP contribution in [0.4, 0.5) is 11.6 Å². The second kappa shape index (κ2) is 3.65. The van der Waals surface area contributed by atoms with Gasteiger partial charge in [0, 0.05) is 11.3 Å². The number of nitrogen functional groups attached to an aromatic ring is 1. The molecule has 1 heterocycles. The van der Waals surface area contributed by atoms with Gasteiger partial charge in [0.15, 0.2) is 0 Å². The molecule has 0 aromatic carbocycles. The summed E-state index contributed by atoms with van der Waals surface area (Å²) in [6, 6.07) is 0. The van der Waals surface area contributed by atoms with Crippen LogP contribution < -0.4 is 11.1 Å². The normalized spacial score (nSPS) is 17.8. The summed E-state index contributed by atoms with van der Waals surface area (Å²) in [4.78, 5) is 8.11. The molecule has 14 heavy (non-hydrogen) atoms. The van der Waals surface area contributed by atoms with Crippen LogP contribution in [-0.4, -0.2) is 27.5 Å². The molecular formula is C9H14N4S. The first-order chi connectivity index (χ1) is 6.74. The highest BCUT2D eigenvalue weighted by Crippen LogP contribution is 2.46. The molecule has 0 atom stereocenters. The van der Waals surface area contributed by atoms with Crippen molar-refractivity contribution in [3.63, 3.8) is 0 Å². The molecule has 0 amide bonds. The zero-order chi connectivity index (χ0) is 10.0. The minimum Gasteiger partial charge on any atom is -0.382 e. The number of thioether (sulfide) groups is 1. The van der Waals surface area contributed by atoms with Crippen molar-refractivity contribution >= 4 is 23.4 Å². The van der Waals surface area contributed by atoms with Gasteiger partial charge >= 0.3 is 0 Å². The SMILES string of the molecule is CSC1(CNc2cncc(N)n2)CC1. The molecule has 0 spiro atoms. The molecule has 0 unspecified atom stereocenters. The average molecular weight is 210 g/mol. The zero-order valence-corrected chi connectivity index (χ0v) is 8.97. The van der Waals surface area contributed by atoms with Crippen LogP contribution in [0.3, 0.4) is 0 Å². The Kier molecular flexibility index (Phi) is 2.50. The van der Waals surface area contributed by atoms with E-state index in [-0.39, 0.29) is 0 Å². The van der Waals surface area contributed by atoms with Gasteiger partial charge in [0.1, 0.15) is 11.6 Å². The number of rotatable bonds is 4. The van der Waals surface area contributed by atoms with Crippen LogP contribution in [0.25, 0.3) is 0 Å². The molecule has 0 radical (unpaired) electrons. The van der Waals surface area contributed by atoms with Crippen molar-refractivity contribution < 1.29 is 0 Å². The summed E-state index contributed by atoms with van der Waals surface area (Å²) in [6.07, 6.45) is 7.98. The van der Waals surface area contributed by atoms with Gasteiger partial charge in [-0.15, -0.1) is 0 Å². The van der Waals surface area contributed by atoms with Crippen molar-refractivity contribution in [3.8, 4) is 0 Å². The van der Waals surface area contributed by atoms with Gasteiger partial charge in [-0.25, -0.2) is 4.98 Å². The summed E-state index contributed by atoms with van der Waals surface area (Å²) in [5.74, 6) is 1.23. The van der Waals surface area contributed by atoms with Crippen LogP contribution in [0.1, 0.15) is 12.8 Å². The quantitative estimate of drug-likeness (QED) is 0.785. The summed E-state index contributed by atoms with van der Waals surface area (Å²) >= 11 is 1.92. The van der Waals surface area contributed by atoms with E-state index in [0.29, 0.717) is 10.6 Å². The van der Waals surface area contributed by atoms with E-state index >= 15 is 0 Å². The standard InChI is InChI=1S/C9H14N4S/c1-14-9(2-3-9)6-12-8-5-11-4-7(10)13-8/h4-5H,2-3,6H2,1H3,(H3,10,12,13). The van der Waals surface area contributed by atoms with E-state index in [0.717, 1.165) is 12.4 Å². The van der Waals surface area contributed by atoms with Crippen molar-refractivity contribution in [1.29, 1.82) is 0 Å². The summed E-state index contributed by atoms with van der Waals surface area (Å²) in [6.45, 7) is 0.951. The van der Waals surface area contributed by atoms with Crippen LogP contribution in [0.2, 0.25) is 0 Å². The van der Waals surface area contributed by atoms with Crippen molar-refractivity contribution in [2.24, 2.45) is 0 Å². The molecule has 1 aliphatic carbocycles. The number of nitrogens with two attached hydrogens (primary N) is 1. The highest BCUT2D eigenvalue weighted by Gasteiger charge is 2.41. The number of anilines is 2. The van der Waals surface area contributed by atoms with E-state index in [9.17, 15) is 0 Å². The topological polar surface area (TPSA) is 63.8 Å². The van der Waals surface area contributed by atoms with Crippen molar-refractivity contribution in [2.45, 2.75) is 17.6 Å². The zero-order valence-electron chi connectivity index (χ0n) is 8.16. The van der Waals surface area contributed by atoms with Crippen molar-refractivity contribution in [2.75, 3.05) is 23.9 Å². The van der Waals surface area contributed by atoms with Gasteiger partial charge in [-0.3, -0.25) is 4.98 Å². The van der Waals surface area contributed by atoms with E-state index in [1.807, 2.05) is 11.8 Å². The smallest absolute Gasteiger partial charge is 0.147 e. The molecule has 0 saturated heterocycles. The predicted octanol–water partition coefficient (Wildman–Crippen LogP) is 1.37. The monoisotopic (exact) mass is 210 g/mol. The predicted molar refractivity (Wildman–Crippen MR) is 60.4 cm³/mol. The average Bonchev–Trinajstić information content (AvgIpc) is 2.96. The molecule has 5 heteroatoms. The second-order valence-corrected chi connectivity index (χ2v) is 4.84. The Morgan fingerprint density at radius 1 is 1.57 bits per heavy atom. The second-order valence-electron chi connectivity index (χ2n) is 3.57. The molecule has 3 N–H and O–H groups in total. The van der Waals surface area contributed by atoms with Crippen LogP contribution in [0, 0.1) is 0 Å². The molecule has 1 aromatic rings. The molecule has 1 saturated carbocycles. The number of nitrogens with zero attached hydrogens (tertiary/aromatic N) is 2. The summed E-state index contributed by atoms with van der Waals surface area (Å²) in [7, 11) is 0. The van der Waals surface area contributed by atoms with Gasteiger partial charge in [-0.2, -0.15) is 11.8 Å². The fourth-order valence-corrected chi connectivity index (χ4v) is 2.04. The lowest BCUT2D eigenvalue weighted by atomic mass is 10.4. The third-order valence-corrected chi connectivity index (χ3v) is 3.90. The molecule has 0 aliphatic heterocycles. The lowest BCUT2D eigenvalue weighted by Gasteiger charge is -2.13. The lowest BCUT2D eigenvalue weighted by Crippen LogP contribution is -2.18. The van der Waals surface area contributed by atoms with Crippen LogP contribution in [0.15, 0.2) is 12.4 Å². The Morgan fingerprint density at radius 2 is 2.36 bits per heavy atom. The fourth-order valence-electron chi connectivity index (χ4n) is 1.31. The first-order valence-corrected chi connectivity index (χ1v) is 5.83. The van der Waals surface area contributed by atoms with Crippen LogP contribution in [0.5, 0.6) is 0 Å². The molecule has 2 rings (SSSR count). The summed E-state index contributed by atoms with van der Waals surface area (Å²) in [5.41, 5.74) is 5.53. The van der Waals surface area contributed by atoms with E-state index in [1.165, 1.54) is 12.8 Å². The van der Waals surface area contributed by atoms with E-state index in [2.05, 4.69) is 21.5 Å². The minimum absolute atomic E-state index is 0.437. The Balaban J connectivity index is 1.92. The lowest BCUT2D eigenvalue weighted by molar-refractivity contribution is 0.938. The number of aromatic nitrogens is 2. The first kappa shape index (κ1) is 9.58. The van der Waals surface area contributed by atoms with Gasteiger partial charge < -0.3 is 11.1 Å². The molecule has 1 fully saturated rings. The number of nitrogens with one attached hydrogen (secondary N) is 1. The third-order valence-electron chi connectivity index (χ3n) is 2.49. The Bertz CT molecular complexity index is 324. The summed E-state index contributed by atoms with van der Waals surface area (Å²) in [5, 5.41) is 3.26. The van der Waals surface area contributed by atoms with Gasteiger partial charge in [-0.05, 0) is 19.1 Å². The first-order valence-electron chi connectivity index (χ1n) is 4.61. The van der Waals surface area contributed by atoms with Gasteiger partial charge in [0.05, 0.1) is 12.4 Å². The van der Waals surface area contributed by atoms with E-state index in [4.69, 9.17) is 5.73 Å². The van der Waals surface area contributed by atoms with Gasteiger partial charge in [-0.1, -0.05) is 0 Å². The van der Waals surface area contributed by atoms with Gasteiger partial charge in [0.2, 0.25) is 0 Å². The maximum absolute atomic E-state index is 5.53. The largest absolute Gasteiger partial charge is 0.382 e. The molecule has 1 aliphatic rings. The fraction of sp³-hybridized carbons (Fsp3) is 0.556. The Hall–Kier alpha value is -0.970. The summed E-state index contributed by atoms with van der Waals surface area (Å²) < 4.78 is 0.437. The van der Waals surface area contributed by atoms with Crippen LogP contribution >= 0.6 is 11.8 Å². The maximum atomic E-state index is 5.53. The third kappa shape index (κ3) is 2.09. The highest BCUT2D eigenvalue weighted by molar-refractivity contribution is 8.00. The molecule has 76 valence electrons. The molecular weight excluding hydrogens is 196 g/mol. The number of hydrogen-bond donors (Lipinski definition) is 2. The van der Waals surface area contributed by atoms with E-state index < -0.39 is 0 Å².